The van der Waals surface area contributed by atoms with Crippen molar-refractivity contribution in [1.29, 1.82) is 0 Å². The zero-order valence-electron chi connectivity index (χ0n) is 12.9. The lowest BCUT2D eigenvalue weighted by molar-refractivity contribution is 0.274. The smallest absolute Gasteiger partial charge is 0.246 e. The summed E-state index contributed by atoms with van der Waals surface area (Å²) in [6.07, 6.45) is 4.00. The van der Waals surface area contributed by atoms with Crippen molar-refractivity contribution in [2.75, 3.05) is 6.54 Å². The van der Waals surface area contributed by atoms with E-state index < -0.39 is 0 Å². The molecule has 116 valence electrons. The number of nitrogens with zero attached hydrogens (tertiary/aromatic N) is 2. The summed E-state index contributed by atoms with van der Waals surface area (Å²) in [5.41, 5.74) is 1.58. The predicted molar refractivity (Wildman–Crippen MR) is 80.0 cm³/mol. The molecule has 5 heteroatoms. The van der Waals surface area contributed by atoms with Crippen LogP contribution in [-0.4, -0.2) is 16.7 Å². The van der Waals surface area contributed by atoms with Crippen LogP contribution in [-0.2, 0) is 11.0 Å². The van der Waals surface area contributed by atoms with Gasteiger partial charge in [-0.15, -0.1) is 0 Å². The molecule has 4 nitrogen and oxygen atoms in total. The normalized spacial score (nSPS) is 26.3. The predicted octanol–water partition coefficient (Wildman–Crippen LogP) is 3.20. The van der Waals surface area contributed by atoms with Gasteiger partial charge in [-0.3, -0.25) is 0 Å². The maximum Gasteiger partial charge on any atom is 0.246 e. The molecule has 2 aliphatic rings. The lowest BCUT2D eigenvalue weighted by atomic mass is 9.91. The fourth-order valence-corrected chi connectivity index (χ4v) is 3.57. The summed E-state index contributed by atoms with van der Waals surface area (Å²) in [5, 5.41) is 7.68. The van der Waals surface area contributed by atoms with Crippen molar-refractivity contribution in [2.24, 2.45) is 0 Å². The van der Waals surface area contributed by atoms with Crippen molar-refractivity contribution in [1.82, 2.24) is 15.5 Å². The van der Waals surface area contributed by atoms with Crippen LogP contribution in [0.3, 0.4) is 0 Å². The van der Waals surface area contributed by atoms with E-state index in [1.807, 2.05) is 13.0 Å². The number of hydrogen-bond donors (Lipinski definition) is 1. The Bertz CT molecular complexity index is 714. The van der Waals surface area contributed by atoms with Gasteiger partial charge < -0.3 is 9.84 Å². The second kappa shape index (κ2) is 4.62. The second-order valence-electron chi connectivity index (χ2n) is 6.83. The zero-order chi connectivity index (χ0) is 15.4. The summed E-state index contributed by atoms with van der Waals surface area (Å²) in [6.45, 7) is 5.09. The Morgan fingerprint density at radius 2 is 2.09 bits per heavy atom. The van der Waals surface area contributed by atoms with Crippen molar-refractivity contribution < 1.29 is 8.91 Å². The molecule has 1 saturated heterocycles. The second-order valence-corrected chi connectivity index (χ2v) is 6.83. The van der Waals surface area contributed by atoms with Crippen LogP contribution < -0.4 is 5.32 Å². The van der Waals surface area contributed by atoms with Crippen molar-refractivity contribution >= 4 is 0 Å². The average molecular weight is 301 g/mol. The Hall–Kier alpha value is -1.75. The Kier molecular flexibility index (Phi) is 2.92. The van der Waals surface area contributed by atoms with Gasteiger partial charge in [-0.1, -0.05) is 11.2 Å². The van der Waals surface area contributed by atoms with Crippen LogP contribution in [0.1, 0.15) is 55.4 Å². The third kappa shape index (κ3) is 1.99. The minimum atomic E-state index is -0.261. The molecule has 0 amide bonds. The van der Waals surface area contributed by atoms with Gasteiger partial charge >= 0.3 is 0 Å². The van der Waals surface area contributed by atoms with Gasteiger partial charge in [-0.2, -0.15) is 4.98 Å². The van der Waals surface area contributed by atoms with Crippen LogP contribution >= 0.6 is 0 Å². The largest absolute Gasteiger partial charge is 0.337 e. The van der Waals surface area contributed by atoms with E-state index in [1.165, 1.54) is 6.07 Å². The van der Waals surface area contributed by atoms with Crippen molar-refractivity contribution in [3.8, 4) is 0 Å². The van der Waals surface area contributed by atoms with Gasteiger partial charge in [0.25, 0.3) is 0 Å². The van der Waals surface area contributed by atoms with Crippen molar-refractivity contribution in [3.05, 3.63) is 46.9 Å². The van der Waals surface area contributed by atoms with E-state index in [2.05, 4.69) is 22.4 Å². The Morgan fingerprint density at radius 3 is 2.77 bits per heavy atom. The number of benzene rings is 1. The first kappa shape index (κ1) is 13.9. The lowest BCUT2D eigenvalue weighted by Crippen LogP contribution is -2.33. The van der Waals surface area contributed by atoms with Gasteiger partial charge in [0.2, 0.25) is 5.89 Å². The molecule has 1 aliphatic carbocycles. The van der Waals surface area contributed by atoms with Gasteiger partial charge in [-0.05, 0) is 69.3 Å². The number of halogens is 1. The molecule has 22 heavy (non-hydrogen) atoms. The molecule has 2 heterocycles. The molecule has 2 aromatic rings. The lowest BCUT2D eigenvalue weighted by Gasteiger charge is -2.18. The van der Waals surface area contributed by atoms with Crippen LogP contribution in [0.15, 0.2) is 22.7 Å². The summed E-state index contributed by atoms with van der Waals surface area (Å²) >= 11 is 0. The molecule has 0 bridgehead atoms. The maximum atomic E-state index is 13.7. The Labute approximate surface area is 129 Å². The number of aryl methyl sites for hydroxylation is 1. The van der Waals surface area contributed by atoms with Crippen LogP contribution in [0.25, 0.3) is 0 Å². The van der Waals surface area contributed by atoms with Gasteiger partial charge in [0, 0.05) is 0 Å². The van der Waals surface area contributed by atoms with Crippen LogP contribution in [0, 0.1) is 12.7 Å². The van der Waals surface area contributed by atoms with E-state index in [1.54, 1.807) is 6.07 Å². The van der Waals surface area contributed by atoms with Gasteiger partial charge in [0.1, 0.15) is 5.82 Å². The molecule has 0 radical (unpaired) electrons. The highest BCUT2D eigenvalue weighted by Crippen LogP contribution is 2.53. The SMILES string of the molecule is Cc1ccc(F)cc1C1(c2noc([C@@]3(C)CCCN3)n2)CC1. The maximum absolute atomic E-state index is 13.7. The monoisotopic (exact) mass is 301 g/mol. The highest BCUT2D eigenvalue weighted by atomic mass is 19.1. The van der Waals surface area contributed by atoms with E-state index in [4.69, 9.17) is 4.52 Å². The molecular weight excluding hydrogens is 281 g/mol. The Morgan fingerprint density at radius 1 is 1.27 bits per heavy atom. The van der Waals surface area contributed by atoms with E-state index in [-0.39, 0.29) is 16.8 Å². The van der Waals surface area contributed by atoms with Gasteiger partial charge in [0.05, 0.1) is 11.0 Å². The zero-order valence-corrected chi connectivity index (χ0v) is 12.9. The van der Waals surface area contributed by atoms with Crippen LogP contribution in [0.2, 0.25) is 0 Å². The van der Waals surface area contributed by atoms with E-state index in [9.17, 15) is 4.39 Å². The van der Waals surface area contributed by atoms with Crippen molar-refractivity contribution in [2.45, 2.75) is 50.5 Å². The third-order valence-electron chi connectivity index (χ3n) is 5.16. The third-order valence-corrected chi connectivity index (χ3v) is 5.16. The molecule has 1 aromatic carbocycles. The van der Waals surface area contributed by atoms with E-state index in [0.29, 0.717) is 11.7 Å². The molecule has 1 atom stereocenters. The molecule has 1 aromatic heterocycles. The molecule has 1 aliphatic heterocycles. The summed E-state index contributed by atoms with van der Waals surface area (Å²) < 4.78 is 19.2. The van der Waals surface area contributed by atoms with Crippen LogP contribution in [0.5, 0.6) is 0 Å². The molecule has 4 rings (SSSR count). The minimum Gasteiger partial charge on any atom is -0.337 e. The first-order valence-corrected chi connectivity index (χ1v) is 7.90. The molecular formula is C17H20FN3O. The molecule has 0 spiro atoms. The minimum absolute atomic E-state index is 0.208. The summed E-state index contributed by atoms with van der Waals surface area (Å²) in [5.74, 6) is 1.14. The molecule has 2 fully saturated rings. The number of hydrogen-bond acceptors (Lipinski definition) is 4. The topological polar surface area (TPSA) is 51.0 Å². The average Bonchev–Trinajstić information content (AvgIpc) is 2.94. The number of nitrogens with one attached hydrogen (secondary N) is 1. The standard InChI is InChI=1S/C17H20FN3O/c1-11-4-5-12(18)10-13(11)17(7-8-17)14-20-15(22-21-14)16(2)6-3-9-19-16/h4-5,10,19H,3,6-9H2,1-2H3/t16-/m1/s1. The fourth-order valence-electron chi connectivity index (χ4n) is 3.57. The van der Waals surface area contributed by atoms with Crippen LogP contribution in [0.4, 0.5) is 4.39 Å². The molecule has 1 N–H and O–H groups in total. The first-order valence-electron chi connectivity index (χ1n) is 7.90. The summed E-state index contributed by atoms with van der Waals surface area (Å²) in [4.78, 5) is 4.68. The first-order chi connectivity index (χ1) is 10.5. The number of aromatic nitrogens is 2. The fraction of sp³-hybridized carbons (Fsp3) is 0.529. The van der Waals surface area contributed by atoms with E-state index >= 15 is 0 Å². The molecule has 1 saturated carbocycles. The highest BCUT2D eigenvalue weighted by molar-refractivity contribution is 5.44. The quantitative estimate of drug-likeness (QED) is 0.946. The summed E-state index contributed by atoms with van der Waals surface area (Å²) in [6, 6.07) is 4.94. The van der Waals surface area contributed by atoms with Gasteiger partial charge in [-0.25, -0.2) is 4.39 Å². The van der Waals surface area contributed by atoms with Gasteiger partial charge in [0.15, 0.2) is 5.82 Å². The molecule has 0 unspecified atom stereocenters. The number of rotatable bonds is 3. The Balaban J connectivity index is 1.73. The summed E-state index contributed by atoms with van der Waals surface area (Å²) in [7, 11) is 0. The van der Waals surface area contributed by atoms with Crippen molar-refractivity contribution in [3.63, 3.8) is 0 Å². The highest BCUT2D eigenvalue weighted by Gasteiger charge is 2.51. The van der Waals surface area contributed by atoms with E-state index in [0.717, 1.165) is 43.4 Å².